The highest BCUT2D eigenvalue weighted by atomic mass is 35.5. The topological polar surface area (TPSA) is 75.2 Å². The third kappa shape index (κ3) is 2.36. The maximum Gasteiger partial charge on any atom is 0.325 e. The van der Waals surface area contributed by atoms with Crippen molar-refractivity contribution in [2.24, 2.45) is 0 Å². The van der Waals surface area contributed by atoms with Gasteiger partial charge in [0.15, 0.2) is 0 Å². The van der Waals surface area contributed by atoms with E-state index in [9.17, 15) is 9.59 Å². The van der Waals surface area contributed by atoms with Gasteiger partial charge in [-0.1, -0.05) is 45.9 Å². The van der Waals surface area contributed by atoms with Gasteiger partial charge in [0, 0.05) is 11.5 Å². The molecule has 0 saturated carbocycles. The third-order valence-corrected chi connectivity index (χ3v) is 4.71. The molecular weight excluding hydrogens is 324 g/mol. The van der Waals surface area contributed by atoms with Crippen LogP contribution in [-0.2, 0) is 16.9 Å². The number of halogens is 1. The zero-order valence-corrected chi connectivity index (χ0v) is 13.5. The van der Waals surface area contributed by atoms with E-state index < -0.39 is 11.6 Å². The first-order valence-electron chi connectivity index (χ1n) is 6.60. The van der Waals surface area contributed by atoms with E-state index in [0.717, 1.165) is 27.6 Å². The van der Waals surface area contributed by atoms with Gasteiger partial charge in [-0.3, -0.25) is 9.69 Å². The predicted octanol–water partition coefficient (Wildman–Crippen LogP) is 2.47. The molecule has 0 bridgehead atoms. The molecule has 1 saturated heterocycles. The minimum Gasteiger partial charge on any atom is -0.319 e. The van der Waals surface area contributed by atoms with Crippen molar-refractivity contribution in [3.05, 3.63) is 45.4 Å². The Hall–Kier alpha value is -1.99. The fourth-order valence-corrected chi connectivity index (χ4v) is 2.98. The summed E-state index contributed by atoms with van der Waals surface area (Å²) < 4.78 is 4.09. The number of aromatic nitrogens is 2. The van der Waals surface area contributed by atoms with Crippen LogP contribution in [0.3, 0.4) is 0 Å². The molecule has 1 aromatic carbocycles. The Labute approximate surface area is 136 Å². The first-order valence-corrected chi connectivity index (χ1v) is 7.75. The van der Waals surface area contributed by atoms with Crippen LogP contribution in [0.25, 0.3) is 0 Å². The molecule has 8 heteroatoms. The first-order chi connectivity index (χ1) is 10.4. The number of hydrogen-bond donors (Lipinski definition) is 1. The van der Waals surface area contributed by atoms with Crippen molar-refractivity contribution >= 4 is 35.1 Å². The number of nitrogens with zero attached hydrogens (tertiary/aromatic N) is 3. The molecule has 1 aromatic heterocycles. The van der Waals surface area contributed by atoms with Crippen LogP contribution in [0.4, 0.5) is 4.79 Å². The number of hydrogen-bond acceptors (Lipinski definition) is 5. The van der Waals surface area contributed by atoms with Gasteiger partial charge in [0.2, 0.25) is 0 Å². The fourth-order valence-electron chi connectivity index (χ4n) is 2.36. The molecule has 114 valence electrons. The molecule has 2 heterocycles. The molecular formula is C14H13ClN4O2S. The van der Waals surface area contributed by atoms with Gasteiger partial charge in [-0.15, -0.1) is 5.10 Å². The maximum absolute atomic E-state index is 12.7. The molecule has 1 aliphatic rings. The van der Waals surface area contributed by atoms with Crippen molar-refractivity contribution in [3.8, 4) is 0 Å². The zero-order chi connectivity index (χ0) is 15.9. The molecule has 1 unspecified atom stereocenters. The van der Waals surface area contributed by atoms with Gasteiger partial charge in [-0.25, -0.2) is 4.79 Å². The van der Waals surface area contributed by atoms with Crippen molar-refractivity contribution in [2.75, 3.05) is 0 Å². The minimum atomic E-state index is -1.08. The van der Waals surface area contributed by atoms with Gasteiger partial charge in [-0.2, -0.15) is 0 Å². The molecule has 0 aliphatic carbocycles. The second-order valence-corrected chi connectivity index (χ2v) is 6.66. The van der Waals surface area contributed by atoms with Crippen molar-refractivity contribution in [2.45, 2.75) is 25.9 Å². The molecule has 6 nitrogen and oxygen atoms in total. The number of amides is 3. The van der Waals surface area contributed by atoms with Gasteiger partial charge in [-0.05, 0) is 19.4 Å². The highest BCUT2D eigenvalue weighted by Crippen LogP contribution is 2.30. The lowest BCUT2D eigenvalue weighted by molar-refractivity contribution is -0.131. The van der Waals surface area contributed by atoms with E-state index in [1.807, 2.05) is 31.2 Å². The second kappa shape index (κ2) is 5.33. The smallest absolute Gasteiger partial charge is 0.319 e. The number of rotatable bonds is 3. The Morgan fingerprint density at radius 2 is 2.00 bits per heavy atom. The summed E-state index contributed by atoms with van der Waals surface area (Å²) in [6, 6.07) is 7.04. The van der Waals surface area contributed by atoms with Crippen molar-refractivity contribution in [1.82, 2.24) is 19.8 Å². The number of aryl methyl sites for hydroxylation is 1. The quantitative estimate of drug-likeness (QED) is 0.874. The van der Waals surface area contributed by atoms with Gasteiger partial charge >= 0.3 is 6.03 Å². The number of carbonyl (C=O) groups is 2. The third-order valence-electron chi connectivity index (χ3n) is 3.72. The zero-order valence-electron chi connectivity index (χ0n) is 12.0. The summed E-state index contributed by atoms with van der Waals surface area (Å²) >= 11 is 6.97. The standard InChI is InChI=1S/C14H13ClN4O2S/c1-8-3-5-9(6-4-8)14(2)12(20)19(13(21)16-14)7-10-11(15)22-18-17-10/h3-6H,7H2,1-2H3,(H,16,21). The molecule has 3 amide bonds. The summed E-state index contributed by atoms with van der Waals surface area (Å²) in [6.07, 6.45) is 0. The van der Waals surface area contributed by atoms with E-state index >= 15 is 0 Å². The first kappa shape index (κ1) is 14.9. The van der Waals surface area contributed by atoms with Crippen LogP contribution < -0.4 is 5.32 Å². The van der Waals surface area contributed by atoms with E-state index in [2.05, 4.69) is 14.9 Å². The lowest BCUT2D eigenvalue weighted by Crippen LogP contribution is -2.40. The molecule has 0 spiro atoms. The Morgan fingerprint density at radius 1 is 1.32 bits per heavy atom. The molecule has 3 rings (SSSR count). The summed E-state index contributed by atoms with van der Waals surface area (Å²) in [5, 5.41) is 6.59. The number of nitrogens with one attached hydrogen (secondary N) is 1. The van der Waals surface area contributed by atoms with E-state index in [1.165, 1.54) is 0 Å². The number of carbonyl (C=O) groups excluding carboxylic acids is 2. The molecule has 22 heavy (non-hydrogen) atoms. The molecule has 1 fully saturated rings. The van der Waals surface area contributed by atoms with Crippen molar-refractivity contribution in [1.29, 1.82) is 0 Å². The molecule has 1 aliphatic heterocycles. The Morgan fingerprint density at radius 3 is 2.59 bits per heavy atom. The highest BCUT2D eigenvalue weighted by molar-refractivity contribution is 7.10. The van der Waals surface area contributed by atoms with Crippen LogP contribution in [0.2, 0.25) is 4.34 Å². The number of urea groups is 1. The van der Waals surface area contributed by atoms with Crippen LogP contribution in [0.5, 0.6) is 0 Å². The van der Waals surface area contributed by atoms with Gasteiger partial charge in [0.25, 0.3) is 5.91 Å². The predicted molar refractivity (Wildman–Crippen MR) is 82.5 cm³/mol. The minimum absolute atomic E-state index is 0.0153. The second-order valence-electron chi connectivity index (χ2n) is 5.31. The monoisotopic (exact) mass is 336 g/mol. The highest BCUT2D eigenvalue weighted by Gasteiger charge is 2.49. The molecule has 0 radical (unpaired) electrons. The lowest BCUT2D eigenvalue weighted by atomic mass is 9.91. The summed E-state index contributed by atoms with van der Waals surface area (Å²) in [6.45, 7) is 3.67. The largest absolute Gasteiger partial charge is 0.325 e. The number of benzene rings is 1. The normalized spacial score (nSPS) is 21.3. The molecule has 2 aromatic rings. The summed E-state index contributed by atoms with van der Waals surface area (Å²) in [7, 11) is 0. The van der Waals surface area contributed by atoms with Crippen molar-refractivity contribution < 1.29 is 9.59 Å². The van der Waals surface area contributed by atoms with E-state index in [4.69, 9.17) is 11.6 Å². The average Bonchev–Trinajstić information content (AvgIpc) is 2.97. The van der Waals surface area contributed by atoms with Crippen molar-refractivity contribution in [3.63, 3.8) is 0 Å². The van der Waals surface area contributed by atoms with E-state index in [-0.39, 0.29) is 12.5 Å². The average molecular weight is 337 g/mol. The van der Waals surface area contributed by atoms with Crippen LogP contribution >= 0.6 is 23.1 Å². The molecule has 1 atom stereocenters. The maximum atomic E-state index is 12.7. The fraction of sp³-hybridized carbons (Fsp3) is 0.286. The Balaban J connectivity index is 1.90. The lowest BCUT2D eigenvalue weighted by Gasteiger charge is -2.22. The SMILES string of the molecule is Cc1ccc(C2(C)NC(=O)N(Cc3nnsc3Cl)C2=O)cc1. The van der Waals surface area contributed by atoms with Gasteiger partial charge in [0.1, 0.15) is 15.6 Å². The summed E-state index contributed by atoms with van der Waals surface area (Å²) in [5.41, 5.74) is 1.16. The van der Waals surface area contributed by atoms with Crippen LogP contribution in [0.1, 0.15) is 23.7 Å². The van der Waals surface area contributed by atoms with Crippen LogP contribution in [0, 0.1) is 6.92 Å². The number of imide groups is 1. The van der Waals surface area contributed by atoms with E-state index in [1.54, 1.807) is 6.92 Å². The summed E-state index contributed by atoms with van der Waals surface area (Å²) in [4.78, 5) is 26.0. The van der Waals surface area contributed by atoms with Crippen LogP contribution in [0.15, 0.2) is 24.3 Å². The van der Waals surface area contributed by atoms with E-state index in [0.29, 0.717) is 10.0 Å². The van der Waals surface area contributed by atoms with Gasteiger partial charge in [0.05, 0.1) is 6.54 Å². The Bertz CT molecular complexity index is 746. The Kier molecular flexibility index (Phi) is 3.62. The van der Waals surface area contributed by atoms with Gasteiger partial charge < -0.3 is 5.32 Å². The molecule has 1 N–H and O–H groups in total. The van der Waals surface area contributed by atoms with Crippen LogP contribution in [-0.4, -0.2) is 26.4 Å². The summed E-state index contributed by atoms with van der Waals surface area (Å²) in [5.74, 6) is -0.328.